The summed E-state index contributed by atoms with van der Waals surface area (Å²) in [5.41, 5.74) is 10.3. The number of hydrogen-bond donors (Lipinski definition) is 3. The molecule has 4 heterocycles. The molecule has 2 aromatic carbocycles. The van der Waals surface area contributed by atoms with E-state index in [2.05, 4.69) is 47.6 Å². The molecule has 0 fully saturated rings. The summed E-state index contributed by atoms with van der Waals surface area (Å²) in [5.74, 6) is 0.0535. The summed E-state index contributed by atoms with van der Waals surface area (Å²) in [6.07, 6.45) is 7.27. The number of amides is 1. The van der Waals surface area contributed by atoms with Crippen LogP contribution in [-0.2, 0) is 0 Å². The Hall–Kier alpha value is -4.80. The normalized spacial score (nSPS) is 14.8. The third kappa shape index (κ3) is 4.03. The summed E-state index contributed by atoms with van der Waals surface area (Å²) < 4.78 is 15.9. The van der Waals surface area contributed by atoms with Crippen molar-refractivity contribution in [3.8, 4) is 5.69 Å². The highest BCUT2D eigenvalue weighted by Gasteiger charge is 2.31. The van der Waals surface area contributed by atoms with E-state index >= 15 is 0 Å². The molecule has 1 aliphatic rings. The zero-order chi connectivity index (χ0) is 25.5. The van der Waals surface area contributed by atoms with Crippen molar-refractivity contribution >= 4 is 34.1 Å². The molecule has 4 N–H and O–H groups in total. The van der Waals surface area contributed by atoms with E-state index in [1.807, 2.05) is 19.1 Å². The van der Waals surface area contributed by atoms with Gasteiger partial charge in [0.2, 0.25) is 0 Å². The molecule has 6 rings (SSSR count). The Kier molecular flexibility index (Phi) is 5.52. The first-order chi connectivity index (χ1) is 18.0. The number of fused-ring (bicyclic) bond motifs is 2. The predicted molar refractivity (Wildman–Crippen MR) is 137 cm³/mol. The molecule has 0 saturated heterocycles. The van der Waals surface area contributed by atoms with Gasteiger partial charge in [-0.05, 0) is 42.7 Å². The van der Waals surface area contributed by atoms with Crippen molar-refractivity contribution < 1.29 is 9.18 Å². The monoisotopic (exact) mass is 497 g/mol. The fourth-order valence-corrected chi connectivity index (χ4v) is 4.86. The summed E-state index contributed by atoms with van der Waals surface area (Å²) in [4.78, 5) is 23.9. The second kappa shape index (κ2) is 9.01. The third-order valence-electron chi connectivity index (χ3n) is 6.65. The number of H-pyrrole nitrogens is 1. The Morgan fingerprint density at radius 2 is 2.08 bits per heavy atom. The fraction of sp³-hybridized carbons (Fsp3) is 0.192. The standard InChI is InChI=1S/C26H24FN9O/c1-15-10-33-36(12-15)23-8-18(21(28)9-20(23)27)26(37)29-7-6-16-13-35(22-5-3-2-4-17(16)22)25-19-11-32-34-24(19)30-14-31-25/h2-5,8-12,14,16H,6-7,13,28H2,1H3,(H,29,37)(H,30,31,32,34). The highest BCUT2D eigenvalue weighted by atomic mass is 19.1. The number of para-hydroxylation sites is 1. The zero-order valence-corrected chi connectivity index (χ0v) is 20.0. The smallest absolute Gasteiger partial charge is 0.253 e. The van der Waals surface area contributed by atoms with Crippen LogP contribution in [0.2, 0.25) is 0 Å². The maximum Gasteiger partial charge on any atom is 0.253 e. The highest BCUT2D eigenvalue weighted by molar-refractivity contribution is 5.99. The molecular weight excluding hydrogens is 473 g/mol. The zero-order valence-electron chi connectivity index (χ0n) is 20.0. The van der Waals surface area contributed by atoms with Crippen LogP contribution in [0, 0.1) is 12.7 Å². The molecule has 5 aromatic rings. The second-order valence-electron chi connectivity index (χ2n) is 9.09. The molecule has 37 heavy (non-hydrogen) atoms. The summed E-state index contributed by atoms with van der Waals surface area (Å²) >= 11 is 0. The Morgan fingerprint density at radius 3 is 2.92 bits per heavy atom. The minimum Gasteiger partial charge on any atom is -0.398 e. The van der Waals surface area contributed by atoms with E-state index in [-0.39, 0.29) is 28.8 Å². The number of carbonyl (C=O) groups is 1. The minimum absolute atomic E-state index is 0.0768. The Morgan fingerprint density at radius 1 is 1.22 bits per heavy atom. The molecular formula is C26H24FN9O. The number of benzene rings is 2. The Bertz CT molecular complexity index is 1630. The van der Waals surface area contributed by atoms with E-state index in [4.69, 9.17) is 5.73 Å². The van der Waals surface area contributed by atoms with E-state index in [1.165, 1.54) is 22.6 Å². The van der Waals surface area contributed by atoms with E-state index in [1.54, 1.807) is 18.6 Å². The molecule has 0 aliphatic carbocycles. The number of hydrogen-bond acceptors (Lipinski definition) is 7. The van der Waals surface area contributed by atoms with Crippen molar-refractivity contribution in [1.29, 1.82) is 0 Å². The van der Waals surface area contributed by atoms with Crippen molar-refractivity contribution in [2.24, 2.45) is 0 Å². The summed E-state index contributed by atoms with van der Waals surface area (Å²) in [6.45, 7) is 2.98. The van der Waals surface area contributed by atoms with Gasteiger partial charge in [0.05, 0.1) is 23.3 Å². The van der Waals surface area contributed by atoms with Crippen LogP contribution in [-0.4, -0.2) is 48.9 Å². The molecule has 1 amide bonds. The third-order valence-corrected chi connectivity index (χ3v) is 6.65. The van der Waals surface area contributed by atoms with Gasteiger partial charge in [-0.2, -0.15) is 10.2 Å². The van der Waals surface area contributed by atoms with Crippen LogP contribution >= 0.6 is 0 Å². The number of nitrogens with zero attached hydrogens (tertiary/aromatic N) is 6. The number of anilines is 3. The SMILES string of the molecule is Cc1cnn(-c2cc(C(=O)NCCC3CN(c4ncnc5[nH]ncc45)c4ccccc43)c(N)cc2F)c1. The first-order valence-corrected chi connectivity index (χ1v) is 11.9. The molecule has 10 nitrogen and oxygen atoms in total. The summed E-state index contributed by atoms with van der Waals surface area (Å²) in [7, 11) is 0. The number of nitrogens with one attached hydrogen (secondary N) is 2. The lowest BCUT2D eigenvalue weighted by Gasteiger charge is -2.19. The number of rotatable bonds is 6. The van der Waals surface area contributed by atoms with Crippen molar-refractivity contribution in [1.82, 2.24) is 35.3 Å². The lowest BCUT2D eigenvalue weighted by atomic mass is 9.98. The predicted octanol–water partition coefficient (Wildman–Crippen LogP) is 3.62. The number of carbonyl (C=O) groups excluding carboxylic acids is 1. The van der Waals surface area contributed by atoms with Gasteiger partial charge in [0.1, 0.15) is 17.8 Å². The van der Waals surface area contributed by atoms with Gasteiger partial charge in [0.15, 0.2) is 11.5 Å². The van der Waals surface area contributed by atoms with E-state index in [0.717, 1.165) is 28.5 Å². The van der Waals surface area contributed by atoms with Crippen LogP contribution in [0.3, 0.4) is 0 Å². The molecule has 1 atom stereocenters. The van der Waals surface area contributed by atoms with E-state index < -0.39 is 5.82 Å². The van der Waals surface area contributed by atoms with Gasteiger partial charge in [0.25, 0.3) is 5.91 Å². The highest BCUT2D eigenvalue weighted by Crippen LogP contribution is 2.42. The molecule has 0 spiro atoms. The Balaban J connectivity index is 1.19. The van der Waals surface area contributed by atoms with Crippen molar-refractivity contribution in [3.05, 3.63) is 83.8 Å². The molecule has 1 unspecified atom stereocenters. The van der Waals surface area contributed by atoms with Gasteiger partial charge in [-0.25, -0.2) is 19.0 Å². The molecule has 0 saturated carbocycles. The summed E-state index contributed by atoms with van der Waals surface area (Å²) in [5, 5.41) is 14.9. The van der Waals surface area contributed by atoms with Crippen LogP contribution in [0.15, 0.2) is 61.3 Å². The number of nitrogens with two attached hydrogens (primary N) is 1. The van der Waals surface area contributed by atoms with Gasteiger partial charge >= 0.3 is 0 Å². The van der Waals surface area contributed by atoms with Gasteiger partial charge in [0, 0.05) is 36.6 Å². The number of halogens is 1. The van der Waals surface area contributed by atoms with Crippen molar-refractivity contribution in [2.45, 2.75) is 19.3 Å². The average Bonchev–Trinajstić information content (AvgIpc) is 3.63. The lowest BCUT2D eigenvalue weighted by molar-refractivity contribution is 0.0953. The molecule has 0 radical (unpaired) electrons. The topological polar surface area (TPSA) is 131 Å². The summed E-state index contributed by atoms with van der Waals surface area (Å²) in [6, 6.07) is 10.8. The van der Waals surface area contributed by atoms with Crippen LogP contribution in [0.25, 0.3) is 16.7 Å². The minimum atomic E-state index is -0.545. The van der Waals surface area contributed by atoms with Crippen LogP contribution < -0.4 is 16.0 Å². The first-order valence-electron chi connectivity index (χ1n) is 11.9. The van der Waals surface area contributed by atoms with Gasteiger partial charge < -0.3 is 16.0 Å². The van der Waals surface area contributed by atoms with Crippen LogP contribution in [0.1, 0.15) is 33.8 Å². The fourth-order valence-electron chi connectivity index (χ4n) is 4.86. The van der Waals surface area contributed by atoms with Crippen molar-refractivity contribution in [3.63, 3.8) is 0 Å². The number of aryl methyl sites for hydroxylation is 1. The molecule has 3 aromatic heterocycles. The van der Waals surface area contributed by atoms with Gasteiger partial charge in [-0.1, -0.05) is 18.2 Å². The first kappa shape index (κ1) is 22.7. The number of aromatic nitrogens is 6. The maximum atomic E-state index is 14.5. The molecule has 1 aliphatic heterocycles. The molecule has 0 bridgehead atoms. The lowest BCUT2D eigenvalue weighted by Crippen LogP contribution is -2.27. The van der Waals surface area contributed by atoms with Crippen LogP contribution in [0.5, 0.6) is 0 Å². The van der Waals surface area contributed by atoms with Crippen molar-refractivity contribution in [2.75, 3.05) is 23.7 Å². The molecule has 11 heteroatoms. The van der Waals surface area contributed by atoms with Gasteiger partial charge in [-0.15, -0.1) is 0 Å². The Labute approximate surface area is 211 Å². The van der Waals surface area contributed by atoms with Gasteiger partial charge in [-0.3, -0.25) is 9.89 Å². The maximum absolute atomic E-state index is 14.5. The molecule has 186 valence electrons. The van der Waals surface area contributed by atoms with E-state index in [9.17, 15) is 9.18 Å². The average molecular weight is 498 g/mol. The van der Waals surface area contributed by atoms with Crippen LogP contribution in [0.4, 0.5) is 21.6 Å². The largest absolute Gasteiger partial charge is 0.398 e. The number of aromatic amines is 1. The number of nitrogen functional groups attached to an aromatic ring is 1. The second-order valence-corrected chi connectivity index (χ2v) is 9.09. The van der Waals surface area contributed by atoms with E-state index in [0.29, 0.717) is 25.2 Å². The quantitative estimate of drug-likeness (QED) is 0.305.